The molecule has 1 aliphatic heterocycles. The first-order valence-corrected chi connectivity index (χ1v) is 13.6. The molecule has 0 unspecified atom stereocenters. The second-order valence-electron chi connectivity index (χ2n) is 10.6. The summed E-state index contributed by atoms with van der Waals surface area (Å²) in [6.07, 6.45) is 1.75. The van der Waals surface area contributed by atoms with Crippen LogP contribution in [0.2, 0.25) is 0 Å². The molecule has 0 amide bonds. The fourth-order valence-electron chi connectivity index (χ4n) is 5.79. The van der Waals surface area contributed by atoms with E-state index in [0.29, 0.717) is 22.8 Å². The summed E-state index contributed by atoms with van der Waals surface area (Å²) in [7, 11) is 0. The van der Waals surface area contributed by atoms with Crippen molar-refractivity contribution in [3.63, 3.8) is 0 Å². The number of alkyl halides is 2. The molecular formula is C30H29F3N6. The van der Waals surface area contributed by atoms with Crippen molar-refractivity contribution in [2.24, 2.45) is 0 Å². The third-order valence-corrected chi connectivity index (χ3v) is 7.80. The van der Waals surface area contributed by atoms with Crippen LogP contribution in [0.1, 0.15) is 31.7 Å². The number of nitrogens with zero attached hydrogens (tertiary/aromatic N) is 5. The number of rotatable bonds is 7. The molecule has 1 N–H and O–H groups in total. The Bertz CT molecular complexity index is 1650. The Hall–Kier alpha value is -4.01. The first-order valence-electron chi connectivity index (χ1n) is 13.6. The number of fused-ring (bicyclic) bond motifs is 2. The van der Waals surface area contributed by atoms with Crippen LogP contribution in [0.4, 0.5) is 24.8 Å². The van der Waals surface area contributed by atoms with Gasteiger partial charge in [-0.2, -0.15) is 5.10 Å². The number of piperidine rings is 1. The number of imidazole rings is 1. The highest BCUT2D eigenvalue weighted by molar-refractivity contribution is 5.95. The summed E-state index contributed by atoms with van der Waals surface area (Å²) in [5.74, 6) is 0.681. The Labute approximate surface area is 224 Å². The summed E-state index contributed by atoms with van der Waals surface area (Å²) in [5, 5.41) is 8.78. The summed E-state index contributed by atoms with van der Waals surface area (Å²) < 4.78 is 44.4. The summed E-state index contributed by atoms with van der Waals surface area (Å²) in [4.78, 5) is 7.37. The molecule has 0 bridgehead atoms. The van der Waals surface area contributed by atoms with E-state index >= 15 is 0 Å². The lowest BCUT2D eigenvalue weighted by atomic mass is 10.0. The van der Waals surface area contributed by atoms with Crippen LogP contribution in [-0.4, -0.2) is 44.9 Å². The molecular weight excluding hydrogens is 501 g/mol. The number of benzene rings is 3. The van der Waals surface area contributed by atoms with Gasteiger partial charge in [0.15, 0.2) is 0 Å². The molecule has 5 aromatic rings. The highest BCUT2D eigenvalue weighted by Gasteiger charge is 2.31. The Morgan fingerprint density at radius 1 is 0.897 bits per heavy atom. The normalized spacial score (nSPS) is 16.6. The zero-order valence-corrected chi connectivity index (χ0v) is 21.4. The zero-order chi connectivity index (χ0) is 26.5. The van der Waals surface area contributed by atoms with Gasteiger partial charge < -0.3 is 14.8 Å². The quantitative estimate of drug-likeness (QED) is 0.249. The minimum atomic E-state index is -2.55. The molecule has 2 aromatic heterocycles. The van der Waals surface area contributed by atoms with Crippen LogP contribution in [0.5, 0.6) is 0 Å². The Morgan fingerprint density at radius 3 is 2.49 bits per heavy atom. The molecule has 3 heterocycles. The van der Waals surface area contributed by atoms with E-state index in [-0.39, 0.29) is 11.9 Å². The Morgan fingerprint density at radius 2 is 1.72 bits per heavy atom. The van der Waals surface area contributed by atoms with Crippen molar-refractivity contribution in [2.45, 2.75) is 50.7 Å². The van der Waals surface area contributed by atoms with E-state index in [1.54, 1.807) is 12.1 Å². The number of para-hydroxylation sites is 2. The van der Waals surface area contributed by atoms with Crippen molar-refractivity contribution in [2.75, 3.05) is 23.3 Å². The molecule has 39 heavy (non-hydrogen) atoms. The number of anilines is 2. The van der Waals surface area contributed by atoms with Crippen molar-refractivity contribution >= 4 is 33.6 Å². The van der Waals surface area contributed by atoms with Crippen molar-refractivity contribution in [3.05, 3.63) is 72.5 Å². The minimum absolute atomic E-state index is 0.256. The van der Waals surface area contributed by atoms with Gasteiger partial charge in [0.2, 0.25) is 5.95 Å². The van der Waals surface area contributed by atoms with Gasteiger partial charge in [-0.05, 0) is 68.1 Å². The summed E-state index contributed by atoms with van der Waals surface area (Å²) >= 11 is 0. The molecule has 3 aromatic carbocycles. The number of hydrogen-bond acceptors (Lipinski definition) is 4. The van der Waals surface area contributed by atoms with E-state index in [1.807, 2.05) is 24.3 Å². The third kappa shape index (κ3) is 4.60. The van der Waals surface area contributed by atoms with Gasteiger partial charge in [0.25, 0.3) is 6.43 Å². The van der Waals surface area contributed by atoms with E-state index in [0.717, 1.165) is 48.5 Å². The van der Waals surface area contributed by atoms with E-state index in [1.165, 1.54) is 35.2 Å². The van der Waals surface area contributed by atoms with E-state index in [4.69, 9.17) is 4.98 Å². The summed E-state index contributed by atoms with van der Waals surface area (Å²) in [5.41, 5.74) is 4.80. The fourth-order valence-corrected chi connectivity index (χ4v) is 5.79. The van der Waals surface area contributed by atoms with Gasteiger partial charge in [-0.15, -0.1) is 0 Å². The summed E-state index contributed by atoms with van der Waals surface area (Å²) in [6.45, 7) is 1.27. The van der Waals surface area contributed by atoms with Gasteiger partial charge >= 0.3 is 0 Å². The molecule has 2 aliphatic rings. The standard InChI is InChI=1S/C30H29F3N6/c31-20-5-3-4-19(16-20)29-24-11-8-22(17-27(24)38(36-29)18-28(32)33)34-21-12-14-37(15-13-21)30-35-25-6-1-2-7-26(25)39(30)23-9-10-23/h1-8,11,16-17,21,23,28,34H,9-10,12-15,18H2. The molecule has 2 fully saturated rings. The maximum Gasteiger partial charge on any atom is 0.257 e. The van der Waals surface area contributed by atoms with Gasteiger partial charge in [-0.25, -0.2) is 18.2 Å². The van der Waals surface area contributed by atoms with E-state index in [9.17, 15) is 13.2 Å². The van der Waals surface area contributed by atoms with Crippen molar-refractivity contribution in [3.8, 4) is 11.3 Å². The predicted molar refractivity (Wildman–Crippen MR) is 148 cm³/mol. The van der Waals surface area contributed by atoms with Crippen LogP contribution in [-0.2, 0) is 6.54 Å². The van der Waals surface area contributed by atoms with Gasteiger partial charge in [0, 0.05) is 41.8 Å². The second kappa shape index (κ2) is 9.63. The summed E-state index contributed by atoms with van der Waals surface area (Å²) in [6, 6.07) is 21.0. The topological polar surface area (TPSA) is 50.9 Å². The van der Waals surface area contributed by atoms with Crippen molar-refractivity contribution in [1.29, 1.82) is 0 Å². The van der Waals surface area contributed by atoms with E-state index in [2.05, 4.69) is 38.1 Å². The van der Waals surface area contributed by atoms with Crippen LogP contribution in [0, 0.1) is 5.82 Å². The first-order chi connectivity index (χ1) is 19.0. The smallest absolute Gasteiger partial charge is 0.257 e. The van der Waals surface area contributed by atoms with Crippen molar-refractivity contribution < 1.29 is 13.2 Å². The Balaban J connectivity index is 1.11. The van der Waals surface area contributed by atoms with Gasteiger partial charge in [-0.3, -0.25) is 4.68 Å². The van der Waals surface area contributed by atoms with Gasteiger partial charge in [-0.1, -0.05) is 24.3 Å². The molecule has 6 nitrogen and oxygen atoms in total. The number of hydrogen-bond donors (Lipinski definition) is 1. The average Bonchev–Trinajstić information content (AvgIpc) is 3.61. The fraction of sp³-hybridized carbons (Fsp3) is 0.333. The lowest BCUT2D eigenvalue weighted by molar-refractivity contribution is 0.123. The van der Waals surface area contributed by atoms with E-state index < -0.39 is 13.0 Å². The lowest BCUT2D eigenvalue weighted by Crippen LogP contribution is -2.40. The number of nitrogens with one attached hydrogen (secondary N) is 1. The molecule has 1 saturated heterocycles. The van der Waals surface area contributed by atoms with Gasteiger partial charge in [0.1, 0.15) is 18.1 Å². The highest BCUT2D eigenvalue weighted by atomic mass is 19.3. The SMILES string of the molecule is Fc1cccc(-c2nn(CC(F)F)c3cc(NC4CCN(c5nc6ccccc6n5C5CC5)CC4)ccc23)c1. The third-order valence-electron chi connectivity index (χ3n) is 7.80. The molecule has 0 spiro atoms. The number of aromatic nitrogens is 4. The zero-order valence-electron chi connectivity index (χ0n) is 21.4. The highest BCUT2D eigenvalue weighted by Crippen LogP contribution is 2.41. The second-order valence-corrected chi connectivity index (χ2v) is 10.6. The Kier molecular flexibility index (Phi) is 5.94. The van der Waals surface area contributed by atoms with Crippen LogP contribution < -0.4 is 10.2 Å². The number of halogens is 3. The van der Waals surface area contributed by atoms with Crippen LogP contribution in [0.3, 0.4) is 0 Å². The molecule has 200 valence electrons. The maximum absolute atomic E-state index is 13.9. The first kappa shape index (κ1) is 24.1. The molecule has 9 heteroatoms. The molecule has 1 aliphatic carbocycles. The predicted octanol–water partition coefficient (Wildman–Crippen LogP) is 6.87. The average molecular weight is 531 g/mol. The molecule has 0 atom stereocenters. The lowest BCUT2D eigenvalue weighted by Gasteiger charge is -2.34. The van der Waals surface area contributed by atoms with Crippen LogP contribution >= 0.6 is 0 Å². The van der Waals surface area contributed by atoms with Crippen LogP contribution in [0.25, 0.3) is 33.2 Å². The largest absolute Gasteiger partial charge is 0.382 e. The van der Waals surface area contributed by atoms with Crippen molar-refractivity contribution in [1.82, 2.24) is 19.3 Å². The van der Waals surface area contributed by atoms with Crippen LogP contribution in [0.15, 0.2) is 66.7 Å². The molecule has 0 radical (unpaired) electrons. The maximum atomic E-state index is 13.9. The molecule has 7 rings (SSSR count). The van der Waals surface area contributed by atoms with Gasteiger partial charge in [0.05, 0.1) is 16.6 Å². The minimum Gasteiger partial charge on any atom is -0.382 e. The molecule has 1 saturated carbocycles. The monoisotopic (exact) mass is 530 g/mol.